The van der Waals surface area contributed by atoms with Crippen LogP contribution in [0, 0.1) is 0 Å². The molecule has 5 nitrogen and oxygen atoms in total. The van der Waals surface area contributed by atoms with Crippen molar-refractivity contribution >= 4 is 5.91 Å². The van der Waals surface area contributed by atoms with Crippen molar-refractivity contribution in [2.24, 2.45) is 0 Å². The molecule has 2 rings (SSSR count). The Bertz CT molecular complexity index is 470. The molecule has 1 aliphatic heterocycles. The summed E-state index contributed by atoms with van der Waals surface area (Å²) in [5.41, 5.74) is 1.05. The van der Waals surface area contributed by atoms with Gasteiger partial charge in [-0.1, -0.05) is 30.3 Å². The fourth-order valence-electron chi connectivity index (χ4n) is 2.63. The highest BCUT2D eigenvalue weighted by molar-refractivity contribution is 5.82. The first-order valence-electron chi connectivity index (χ1n) is 7.89. The van der Waals surface area contributed by atoms with Crippen molar-refractivity contribution in [3.63, 3.8) is 0 Å². The van der Waals surface area contributed by atoms with Gasteiger partial charge >= 0.3 is 0 Å². The summed E-state index contributed by atoms with van der Waals surface area (Å²) >= 11 is 0. The molecule has 0 saturated carbocycles. The minimum Gasteiger partial charge on any atom is -0.378 e. The molecule has 2 unspecified atom stereocenters. The molecule has 0 aliphatic carbocycles. The molecule has 1 fully saturated rings. The van der Waals surface area contributed by atoms with E-state index in [9.17, 15) is 4.79 Å². The SMILES string of the molecule is CC(NC(C)(C)CNC(=O)C1COCCN1)c1ccccc1. The summed E-state index contributed by atoms with van der Waals surface area (Å²) in [5, 5.41) is 9.73. The maximum atomic E-state index is 12.1. The van der Waals surface area contributed by atoms with Crippen molar-refractivity contribution in [1.82, 2.24) is 16.0 Å². The number of hydrogen-bond donors (Lipinski definition) is 3. The number of carbonyl (C=O) groups excluding carboxylic acids is 1. The largest absolute Gasteiger partial charge is 0.378 e. The Morgan fingerprint density at radius 2 is 2.14 bits per heavy atom. The Labute approximate surface area is 132 Å². The Morgan fingerprint density at radius 3 is 2.77 bits per heavy atom. The van der Waals surface area contributed by atoms with Crippen LogP contribution in [0.15, 0.2) is 30.3 Å². The first-order chi connectivity index (χ1) is 10.5. The fraction of sp³-hybridized carbons (Fsp3) is 0.588. The number of carbonyl (C=O) groups is 1. The Morgan fingerprint density at radius 1 is 1.41 bits per heavy atom. The van der Waals surface area contributed by atoms with Gasteiger partial charge in [-0.3, -0.25) is 4.79 Å². The smallest absolute Gasteiger partial charge is 0.239 e. The molecule has 0 bridgehead atoms. The molecule has 0 aromatic heterocycles. The molecular formula is C17H27N3O2. The van der Waals surface area contributed by atoms with Crippen molar-refractivity contribution in [2.45, 2.75) is 38.4 Å². The molecule has 5 heteroatoms. The third-order valence-electron chi connectivity index (χ3n) is 3.85. The van der Waals surface area contributed by atoms with Crippen molar-refractivity contribution < 1.29 is 9.53 Å². The van der Waals surface area contributed by atoms with Crippen LogP contribution in [0.25, 0.3) is 0 Å². The molecule has 1 saturated heterocycles. The second-order valence-electron chi connectivity index (χ2n) is 6.46. The quantitative estimate of drug-likeness (QED) is 0.739. The molecule has 1 heterocycles. The molecular weight excluding hydrogens is 278 g/mol. The second-order valence-corrected chi connectivity index (χ2v) is 6.46. The topological polar surface area (TPSA) is 62.4 Å². The molecule has 22 heavy (non-hydrogen) atoms. The van der Waals surface area contributed by atoms with Crippen LogP contribution in [0.3, 0.4) is 0 Å². The van der Waals surface area contributed by atoms with Gasteiger partial charge < -0.3 is 20.7 Å². The number of hydrogen-bond acceptors (Lipinski definition) is 4. The van der Waals surface area contributed by atoms with Gasteiger partial charge in [-0.25, -0.2) is 0 Å². The van der Waals surface area contributed by atoms with Crippen molar-refractivity contribution in [1.29, 1.82) is 0 Å². The monoisotopic (exact) mass is 305 g/mol. The highest BCUT2D eigenvalue weighted by Crippen LogP contribution is 2.15. The Hall–Kier alpha value is -1.43. The van der Waals surface area contributed by atoms with Gasteiger partial charge in [0, 0.05) is 24.7 Å². The van der Waals surface area contributed by atoms with E-state index >= 15 is 0 Å². The van der Waals surface area contributed by atoms with Crippen LogP contribution in [0.1, 0.15) is 32.4 Å². The minimum atomic E-state index is -0.240. The van der Waals surface area contributed by atoms with Gasteiger partial charge in [0.2, 0.25) is 5.91 Å². The molecule has 1 aromatic rings. The first kappa shape index (κ1) is 16.9. The van der Waals surface area contributed by atoms with Gasteiger partial charge in [0.1, 0.15) is 6.04 Å². The number of morpholine rings is 1. The third-order valence-corrected chi connectivity index (χ3v) is 3.85. The van der Waals surface area contributed by atoms with Gasteiger partial charge in [0.05, 0.1) is 13.2 Å². The summed E-state index contributed by atoms with van der Waals surface area (Å²) in [6.07, 6.45) is 0. The predicted octanol–water partition coefficient (Wildman–Crippen LogP) is 1.22. The summed E-state index contributed by atoms with van der Waals surface area (Å²) in [6.45, 7) is 8.74. The van der Waals surface area contributed by atoms with Gasteiger partial charge in [-0.05, 0) is 26.3 Å². The normalized spacial score (nSPS) is 20.4. The maximum Gasteiger partial charge on any atom is 0.239 e. The fourth-order valence-corrected chi connectivity index (χ4v) is 2.63. The molecule has 1 amide bonds. The molecule has 0 radical (unpaired) electrons. The predicted molar refractivity (Wildman–Crippen MR) is 87.7 cm³/mol. The van der Waals surface area contributed by atoms with Gasteiger partial charge in [0.15, 0.2) is 0 Å². The zero-order valence-electron chi connectivity index (χ0n) is 13.7. The third kappa shape index (κ3) is 5.09. The summed E-state index contributed by atoms with van der Waals surface area (Å²) < 4.78 is 5.32. The summed E-state index contributed by atoms with van der Waals surface area (Å²) in [6, 6.07) is 10.3. The van der Waals surface area contributed by atoms with Crippen LogP contribution in [0.5, 0.6) is 0 Å². The van der Waals surface area contributed by atoms with Crippen molar-refractivity contribution in [2.75, 3.05) is 26.3 Å². The second kappa shape index (κ2) is 7.72. The minimum absolute atomic E-state index is 0.00180. The van der Waals surface area contributed by atoms with E-state index in [-0.39, 0.29) is 23.5 Å². The average Bonchev–Trinajstić information content (AvgIpc) is 2.54. The summed E-state index contributed by atoms with van der Waals surface area (Å²) in [4.78, 5) is 12.1. The number of amides is 1. The number of benzene rings is 1. The average molecular weight is 305 g/mol. The highest BCUT2D eigenvalue weighted by Gasteiger charge is 2.25. The molecule has 1 aromatic carbocycles. The van der Waals surface area contributed by atoms with Gasteiger partial charge in [-0.15, -0.1) is 0 Å². The zero-order chi connectivity index (χ0) is 16.0. The van der Waals surface area contributed by atoms with Crippen molar-refractivity contribution in [3.8, 4) is 0 Å². The highest BCUT2D eigenvalue weighted by atomic mass is 16.5. The molecule has 122 valence electrons. The first-order valence-corrected chi connectivity index (χ1v) is 7.89. The van der Waals surface area contributed by atoms with E-state index in [1.165, 1.54) is 5.56 Å². The van der Waals surface area contributed by atoms with Crippen LogP contribution in [-0.4, -0.2) is 43.8 Å². The van der Waals surface area contributed by atoms with E-state index in [4.69, 9.17) is 4.74 Å². The summed E-state index contributed by atoms with van der Waals surface area (Å²) in [7, 11) is 0. The van der Waals surface area contributed by atoms with E-state index in [0.29, 0.717) is 19.8 Å². The van der Waals surface area contributed by atoms with Gasteiger partial charge in [-0.2, -0.15) is 0 Å². The summed E-state index contributed by atoms with van der Waals surface area (Å²) in [5.74, 6) is 0.00180. The lowest BCUT2D eigenvalue weighted by atomic mass is 10.0. The standard InChI is InChI=1S/C17H27N3O2/c1-13(14-7-5-4-6-8-14)20-17(2,3)12-19-16(21)15-11-22-10-9-18-15/h4-8,13,15,18,20H,9-12H2,1-3H3,(H,19,21). The van der Waals surface area contributed by atoms with Crippen LogP contribution in [0.4, 0.5) is 0 Å². The van der Waals surface area contributed by atoms with E-state index in [0.717, 1.165) is 6.54 Å². The van der Waals surface area contributed by atoms with E-state index in [2.05, 4.69) is 48.9 Å². The molecule has 3 N–H and O–H groups in total. The maximum absolute atomic E-state index is 12.1. The van der Waals surface area contributed by atoms with Crippen LogP contribution < -0.4 is 16.0 Å². The molecule has 2 atom stereocenters. The van der Waals surface area contributed by atoms with Gasteiger partial charge in [0.25, 0.3) is 0 Å². The van der Waals surface area contributed by atoms with Crippen LogP contribution in [0.2, 0.25) is 0 Å². The van der Waals surface area contributed by atoms with Crippen LogP contribution in [-0.2, 0) is 9.53 Å². The van der Waals surface area contributed by atoms with E-state index in [1.54, 1.807) is 0 Å². The number of rotatable bonds is 6. The van der Waals surface area contributed by atoms with E-state index in [1.807, 2.05) is 18.2 Å². The van der Waals surface area contributed by atoms with Crippen LogP contribution >= 0.6 is 0 Å². The number of ether oxygens (including phenoxy) is 1. The molecule has 0 spiro atoms. The Balaban J connectivity index is 1.81. The lowest BCUT2D eigenvalue weighted by molar-refractivity contribution is -0.126. The molecule has 1 aliphatic rings. The number of nitrogens with one attached hydrogen (secondary N) is 3. The Kier molecular flexibility index (Phi) is 5.94. The lowest BCUT2D eigenvalue weighted by Crippen LogP contribution is -2.56. The van der Waals surface area contributed by atoms with Crippen molar-refractivity contribution in [3.05, 3.63) is 35.9 Å². The van der Waals surface area contributed by atoms with E-state index < -0.39 is 0 Å². The zero-order valence-corrected chi connectivity index (χ0v) is 13.7. The lowest BCUT2D eigenvalue weighted by Gasteiger charge is -2.32.